The molecule has 0 bridgehead atoms. The largest absolute Gasteiger partial charge is 0.356 e. The number of thiophene rings is 1. The number of carbonyl (C=O) groups excluding carboxylic acids is 2. The Morgan fingerprint density at radius 1 is 1.23 bits per heavy atom. The van der Waals surface area contributed by atoms with E-state index in [0.717, 1.165) is 27.0 Å². The number of amides is 3. The van der Waals surface area contributed by atoms with Crippen LogP contribution in [0, 0.1) is 6.92 Å². The molecule has 1 N–H and O–H groups in total. The molecule has 0 unspecified atom stereocenters. The number of benzene rings is 1. The summed E-state index contributed by atoms with van der Waals surface area (Å²) in [5.74, 6) is -0.0763. The number of hydrogen-bond acceptors (Lipinski definition) is 3. The van der Waals surface area contributed by atoms with Gasteiger partial charge in [-0.15, -0.1) is 11.3 Å². The Morgan fingerprint density at radius 3 is 2.77 bits per heavy atom. The third kappa shape index (κ3) is 1.90. The number of rotatable bonds is 2. The summed E-state index contributed by atoms with van der Waals surface area (Å²) in [4.78, 5) is 33.8. The summed E-state index contributed by atoms with van der Waals surface area (Å²) in [5.41, 5.74) is 4.43. The van der Waals surface area contributed by atoms with Crippen molar-refractivity contribution in [2.24, 2.45) is 0 Å². The molecular formula is C20H19N3O2S. The summed E-state index contributed by atoms with van der Waals surface area (Å²) in [6, 6.07) is 9.43. The van der Waals surface area contributed by atoms with Crippen molar-refractivity contribution in [2.45, 2.75) is 32.4 Å². The summed E-state index contributed by atoms with van der Waals surface area (Å²) in [6.07, 6.45) is 0.571. The molecule has 2 atom stereocenters. The van der Waals surface area contributed by atoms with Crippen LogP contribution in [0.4, 0.5) is 4.79 Å². The van der Waals surface area contributed by atoms with E-state index >= 15 is 0 Å². The fourth-order valence-corrected chi connectivity index (χ4v) is 5.39. The minimum atomic E-state index is -0.416. The fraction of sp³-hybridized carbons (Fsp3) is 0.300. The molecule has 4 heterocycles. The molecule has 1 aromatic carbocycles. The molecule has 3 aromatic rings. The van der Waals surface area contributed by atoms with Gasteiger partial charge in [0.1, 0.15) is 12.1 Å². The number of nitrogens with one attached hydrogen (secondary N) is 1. The SMILES string of the molecule is CCN1C(=O)[C@@H]2Cc3c([nH]c4ccccc34)[C@@H](c3sccc3C)N2C1=O. The molecule has 0 saturated carbocycles. The molecule has 2 aromatic heterocycles. The monoisotopic (exact) mass is 365 g/mol. The van der Waals surface area contributed by atoms with Crippen molar-refractivity contribution < 1.29 is 9.59 Å². The average Bonchev–Trinajstić information content (AvgIpc) is 3.29. The highest BCUT2D eigenvalue weighted by Crippen LogP contribution is 2.45. The number of hydrogen-bond donors (Lipinski definition) is 1. The Morgan fingerprint density at radius 2 is 2.04 bits per heavy atom. The van der Waals surface area contributed by atoms with E-state index in [0.29, 0.717) is 13.0 Å². The van der Waals surface area contributed by atoms with Gasteiger partial charge in [0.2, 0.25) is 0 Å². The van der Waals surface area contributed by atoms with Crippen molar-refractivity contribution in [1.82, 2.24) is 14.8 Å². The molecule has 0 spiro atoms. The Labute approximate surface area is 155 Å². The van der Waals surface area contributed by atoms with Crippen molar-refractivity contribution in [3.8, 4) is 0 Å². The molecular weight excluding hydrogens is 346 g/mol. The summed E-state index contributed by atoms with van der Waals surface area (Å²) < 4.78 is 0. The standard InChI is InChI=1S/C20H19N3O2S/c1-3-22-19(24)15-10-13-12-6-4-5-7-14(12)21-16(13)17(23(15)20(22)25)18-11(2)8-9-26-18/h4-9,15,17,21H,3,10H2,1-2H3/t15-,17-/m0/s1. The number of para-hydroxylation sites is 1. The summed E-state index contributed by atoms with van der Waals surface area (Å²) in [6.45, 7) is 4.33. The molecule has 3 amide bonds. The van der Waals surface area contributed by atoms with Crippen LogP contribution in [0.5, 0.6) is 0 Å². The number of aryl methyl sites for hydroxylation is 1. The van der Waals surface area contributed by atoms with Crippen molar-refractivity contribution in [3.63, 3.8) is 0 Å². The average molecular weight is 365 g/mol. The molecule has 0 radical (unpaired) electrons. The Hall–Kier alpha value is -2.60. The van der Waals surface area contributed by atoms with Crippen LogP contribution in [0.3, 0.4) is 0 Å². The van der Waals surface area contributed by atoms with E-state index in [1.807, 2.05) is 19.1 Å². The minimum absolute atomic E-state index is 0.0763. The molecule has 2 aliphatic rings. The van der Waals surface area contributed by atoms with Gasteiger partial charge in [-0.1, -0.05) is 18.2 Å². The van der Waals surface area contributed by atoms with Crippen LogP contribution in [-0.4, -0.2) is 39.3 Å². The van der Waals surface area contributed by atoms with E-state index in [4.69, 9.17) is 0 Å². The second-order valence-electron chi connectivity index (χ2n) is 6.93. The van der Waals surface area contributed by atoms with E-state index in [1.165, 1.54) is 10.5 Å². The lowest BCUT2D eigenvalue weighted by molar-refractivity contribution is -0.128. The third-order valence-corrected chi connectivity index (χ3v) is 6.67. The van der Waals surface area contributed by atoms with Crippen LogP contribution >= 0.6 is 11.3 Å². The maximum atomic E-state index is 13.0. The Kier molecular flexibility index (Phi) is 3.28. The van der Waals surface area contributed by atoms with Gasteiger partial charge in [-0.3, -0.25) is 14.6 Å². The van der Waals surface area contributed by atoms with Crippen LogP contribution in [0.1, 0.15) is 34.7 Å². The fourth-order valence-electron chi connectivity index (χ4n) is 4.36. The number of H-pyrrole nitrogens is 1. The van der Waals surface area contributed by atoms with Crippen molar-refractivity contribution >= 4 is 34.2 Å². The highest BCUT2D eigenvalue weighted by molar-refractivity contribution is 7.10. The molecule has 5 rings (SSSR count). The number of fused-ring (bicyclic) bond motifs is 4. The number of carbonyl (C=O) groups is 2. The van der Waals surface area contributed by atoms with Gasteiger partial charge in [0, 0.05) is 34.4 Å². The lowest BCUT2D eigenvalue weighted by atomic mass is 9.91. The number of likely N-dealkylation sites (N-methyl/N-ethyl adjacent to an activating group) is 1. The predicted molar refractivity (Wildman–Crippen MR) is 101 cm³/mol. The maximum absolute atomic E-state index is 13.0. The number of imide groups is 1. The summed E-state index contributed by atoms with van der Waals surface area (Å²) in [5, 5.41) is 3.20. The topological polar surface area (TPSA) is 56.4 Å². The van der Waals surface area contributed by atoms with E-state index in [2.05, 4.69) is 35.5 Å². The smallest absolute Gasteiger partial charge is 0.328 e. The Balaban J connectivity index is 1.78. The van der Waals surface area contributed by atoms with Crippen LogP contribution in [-0.2, 0) is 11.2 Å². The summed E-state index contributed by atoms with van der Waals surface area (Å²) >= 11 is 1.65. The molecule has 5 nitrogen and oxygen atoms in total. The van der Waals surface area contributed by atoms with Gasteiger partial charge in [-0.2, -0.15) is 0 Å². The van der Waals surface area contributed by atoms with Gasteiger partial charge >= 0.3 is 6.03 Å². The van der Waals surface area contributed by atoms with Crippen LogP contribution in [0.15, 0.2) is 35.7 Å². The number of nitrogens with zero attached hydrogens (tertiary/aromatic N) is 2. The molecule has 1 saturated heterocycles. The zero-order valence-electron chi connectivity index (χ0n) is 14.7. The molecule has 0 aliphatic carbocycles. The first kappa shape index (κ1) is 15.6. The number of aromatic amines is 1. The van der Waals surface area contributed by atoms with Crippen molar-refractivity contribution in [2.75, 3.05) is 6.54 Å². The number of urea groups is 1. The summed E-state index contributed by atoms with van der Waals surface area (Å²) in [7, 11) is 0. The van der Waals surface area contributed by atoms with E-state index in [-0.39, 0.29) is 18.0 Å². The van der Waals surface area contributed by atoms with E-state index in [9.17, 15) is 9.59 Å². The number of aromatic nitrogens is 1. The molecule has 26 heavy (non-hydrogen) atoms. The first-order valence-electron chi connectivity index (χ1n) is 8.89. The molecule has 6 heteroatoms. The zero-order valence-corrected chi connectivity index (χ0v) is 15.5. The van der Waals surface area contributed by atoms with Gasteiger partial charge in [0.15, 0.2) is 0 Å². The second-order valence-corrected chi connectivity index (χ2v) is 7.87. The van der Waals surface area contributed by atoms with Gasteiger partial charge in [0.05, 0.1) is 0 Å². The van der Waals surface area contributed by atoms with Gasteiger partial charge in [-0.05, 0) is 42.5 Å². The van der Waals surface area contributed by atoms with Gasteiger partial charge in [-0.25, -0.2) is 4.79 Å². The minimum Gasteiger partial charge on any atom is -0.356 e. The van der Waals surface area contributed by atoms with Crippen LogP contribution < -0.4 is 0 Å². The maximum Gasteiger partial charge on any atom is 0.328 e. The Bertz CT molecular complexity index is 1050. The van der Waals surface area contributed by atoms with E-state index < -0.39 is 6.04 Å². The zero-order chi connectivity index (χ0) is 18.0. The van der Waals surface area contributed by atoms with E-state index in [1.54, 1.807) is 16.2 Å². The first-order chi connectivity index (χ1) is 12.6. The first-order valence-corrected chi connectivity index (χ1v) is 9.77. The van der Waals surface area contributed by atoms with Crippen LogP contribution in [0.2, 0.25) is 0 Å². The third-order valence-electron chi connectivity index (χ3n) is 5.60. The van der Waals surface area contributed by atoms with Crippen molar-refractivity contribution in [3.05, 3.63) is 57.4 Å². The predicted octanol–water partition coefficient (Wildman–Crippen LogP) is 3.84. The van der Waals surface area contributed by atoms with Gasteiger partial charge in [0.25, 0.3) is 5.91 Å². The lowest BCUT2D eigenvalue weighted by Gasteiger charge is -2.35. The molecule has 2 aliphatic heterocycles. The van der Waals surface area contributed by atoms with Gasteiger partial charge < -0.3 is 4.98 Å². The quantitative estimate of drug-likeness (QED) is 0.702. The van der Waals surface area contributed by atoms with Crippen LogP contribution in [0.25, 0.3) is 10.9 Å². The van der Waals surface area contributed by atoms with Crippen molar-refractivity contribution in [1.29, 1.82) is 0 Å². The second kappa shape index (κ2) is 5.45. The highest BCUT2D eigenvalue weighted by Gasteiger charge is 2.52. The molecule has 1 fully saturated rings. The highest BCUT2D eigenvalue weighted by atomic mass is 32.1. The molecule has 132 valence electrons. The lowest BCUT2D eigenvalue weighted by Crippen LogP contribution is -2.44. The normalized spacial score (nSPS) is 22.2.